The van der Waals surface area contributed by atoms with Crippen molar-refractivity contribution in [3.05, 3.63) is 18.0 Å². The number of nitrogens with one attached hydrogen (secondary N) is 2. The molecular weight excluding hydrogens is 260 g/mol. The van der Waals surface area contributed by atoms with Crippen molar-refractivity contribution >= 4 is 12.0 Å². The summed E-state index contributed by atoms with van der Waals surface area (Å²) in [6, 6.07) is 1.68. The van der Waals surface area contributed by atoms with Gasteiger partial charge in [-0.25, -0.2) is 4.79 Å². The number of nitrogens with zero attached hydrogens (tertiary/aromatic N) is 2. The van der Waals surface area contributed by atoms with Crippen molar-refractivity contribution in [2.24, 2.45) is 13.0 Å². The number of amides is 2. The number of carboxylic acid groups (broad SMARTS) is 1. The maximum atomic E-state index is 11.5. The molecule has 0 aliphatic heterocycles. The lowest BCUT2D eigenvalue weighted by atomic mass is 10.1. The molecule has 1 rings (SSSR count). The molecular formula is C13H22N4O3. The van der Waals surface area contributed by atoms with Gasteiger partial charge in [0.05, 0.1) is 5.69 Å². The van der Waals surface area contributed by atoms with Gasteiger partial charge in [-0.15, -0.1) is 0 Å². The van der Waals surface area contributed by atoms with Gasteiger partial charge in [-0.1, -0.05) is 6.92 Å². The second-order valence-electron chi connectivity index (χ2n) is 4.91. The molecule has 0 bridgehead atoms. The molecule has 0 fully saturated rings. The molecule has 1 unspecified atom stereocenters. The van der Waals surface area contributed by atoms with Crippen molar-refractivity contribution in [2.75, 3.05) is 13.1 Å². The Morgan fingerprint density at radius 1 is 1.45 bits per heavy atom. The highest BCUT2D eigenvalue weighted by molar-refractivity contribution is 5.73. The van der Waals surface area contributed by atoms with Crippen molar-refractivity contribution < 1.29 is 14.7 Å². The first kappa shape index (κ1) is 16.0. The van der Waals surface area contributed by atoms with Crippen LogP contribution in [-0.4, -0.2) is 40.0 Å². The SMILES string of the molecule is CC(CCC(=O)O)CNC(=O)NCCc1ccn(C)n1. The molecule has 1 atom stereocenters. The molecule has 1 aromatic rings. The van der Waals surface area contributed by atoms with Gasteiger partial charge in [0.15, 0.2) is 0 Å². The minimum absolute atomic E-state index is 0.129. The van der Waals surface area contributed by atoms with Gasteiger partial charge >= 0.3 is 12.0 Å². The van der Waals surface area contributed by atoms with Crippen LogP contribution in [0.1, 0.15) is 25.5 Å². The summed E-state index contributed by atoms with van der Waals surface area (Å²) in [4.78, 5) is 21.9. The average molecular weight is 282 g/mol. The summed E-state index contributed by atoms with van der Waals surface area (Å²) in [5.41, 5.74) is 0.933. The third kappa shape index (κ3) is 6.77. The maximum Gasteiger partial charge on any atom is 0.314 e. The van der Waals surface area contributed by atoms with E-state index in [1.807, 2.05) is 26.2 Å². The average Bonchev–Trinajstić information content (AvgIpc) is 2.79. The van der Waals surface area contributed by atoms with E-state index in [-0.39, 0.29) is 18.4 Å². The number of aromatic nitrogens is 2. The molecule has 0 aromatic carbocycles. The summed E-state index contributed by atoms with van der Waals surface area (Å²) in [6.45, 7) is 2.91. The van der Waals surface area contributed by atoms with Crippen LogP contribution in [0, 0.1) is 5.92 Å². The lowest BCUT2D eigenvalue weighted by molar-refractivity contribution is -0.137. The zero-order valence-electron chi connectivity index (χ0n) is 11.9. The molecule has 7 nitrogen and oxygen atoms in total. The van der Waals surface area contributed by atoms with Gasteiger partial charge in [-0.3, -0.25) is 9.48 Å². The van der Waals surface area contributed by atoms with Crippen LogP contribution in [0.5, 0.6) is 0 Å². The molecule has 3 N–H and O–H groups in total. The molecule has 7 heteroatoms. The van der Waals surface area contributed by atoms with Gasteiger partial charge in [-0.05, 0) is 18.4 Å². The molecule has 2 amide bonds. The molecule has 0 spiro atoms. The quantitative estimate of drug-likeness (QED) is 0.656. The van der Waals surface area contributed by atoms with Gasteiger partial charge in [0, 0.05) is 39.2 Å². The molecule has 0 aliphatic rings. The fourth-order valence-electron chi connectivity index (χ4n) is 1.70. The van der Waals surface area contributed by atoms with E-state index in [2.05, 4.69) is 15.7 Å². The summed E-state index contributed by atoms with van der Waals surface area (Å²) in [5, 5.41) is 18.2. The summed E-state index contributed by atoms with van der Waals surface area (Å²) < 4.78 is 1.72. The second kappa shape index (κ2) is 8.19. The number of rotatable bonds is 8. The van der Waals surface area contributed by atoms with Crippen LogP contribution >= 0.6 is 0 Å². The van der Waals surface area contributed by atoms with Crippen molar-refractivity contribution in [1.29, 1.82) is 0 Å². The molecule has 1 heterocycles. The molecule has 0 saturated carbocycles. The number of hydrogen-bond donors (Lipinski definition) is 3. The van der Waals surface area contributed by atoms with E-state index in [1.165, 1.54) is 0 Å². The Kier molecular flexibility index (Phi) is 6.55. The van der Waals surface area contributed by atoms with E-state index in [0.29, 0.717) is 25.9 Å². The third-order valence-corrected chi connectivity index (χ3v) is 2.90. The van der Waals surface area contributed by atoms with E-state index in [1.54, 1.807) is 4.68 Å². The van der Waals surface area contributed by atoms with Gasteiger partial charge in [0.1, 0.15) is 0 Å². The fourth-order valence-corrected chi connectivity index (χ4v) is 1.70. The van der Waals surface area contributed by atoms with Gasteiger partial charge in [-0.2, -0.15) is 5.10 Å². The summed E-state index contributed by atoms with van der Waals surface area (Å²) in [6.07, 6.45) is 3.23. The zero-order chi connectivity index (χ0) is 15.0. The first-order chi connectivity index (χ1) is 9.47. The Labute approximate surface area is 118 Å². The smallest absolute Gasteiger partial charge is 0.314 e. The first-order valence-corrected chi connectivity index (χ1v) is 6.69. The molecule has 0 radical (unpaired) electrons. The van der Waals surface area contributed by atoms with E-state index in [4.69, 9.17) is 5.11 Å². The van der Waals surface area contributed by atoms with Crippen LogP contribution in [0.2, 0.25) is 0 Å². The minimum Gasteiger partial charge on any atom is -0.481 e. The largest absolute Gasteiger partial charge is 0.481 e. The number of hydrogen-bond acceptors (Lipinski definition) is 3. The Morgan fingerprint density at radius 2 is 2.20 bits per heavy atom. The van der Waals surface area contributed by atoms with Crippen LogP contribution in [0.25, 0.3) is 0 Å². The number of carbonyl (C=O) groups excluding carboxylic acids is 1. The molecule has 0 aliphatic carbocycles. The number of aliphatic carboxylic acids is 1. The van der Waals surface area contributed by atoms with E-state index < -0.39 is 5.97 Å². The van der Waals surface area contributed by atoms with Gasteiger partial charge in [0.2, 0.25) is 0 Å². The van der Waals surface area contributed by atoms with Crippen LogP contribution in [0.3, 0.4) is 0 Å². The predicted molar refractivity (Wildman–Crippen MR) is 74.3 cm³/mol. The highest BCUT2D eigenvalue weighted by Crippen LogP contribution is 2.03. The topological polar surface area (TPSA) is 96.3 Å². The third-order valence-electron chi connectivity index (χ3n) is 2.90. The Bertz CT molecular complexity index is 445. The number of aryl methyl sites for hydroxylation is 1. The second-order valence-corrected chi connectivity index (χ2v) is 4.91. The molecule has 112 valence electrons. The van der Waals surface area contributed by atoms with Crippen molar-refractivity contribution in [2.45, 2.75) is 26.2 Å². The maximum absolute atomic E-state index is 11.5. The molecule has 1 aromatic heterocycles. The van der Waals surface area contributed by atoms with Crippen LogP contribution in [0.15, 0.2) is 12.3 Å². The van der Waals surface area contributed by atoms with E-state index in [9.17, 15) is 9.59 Å². The zero-order valence-corrected chi connectivity index (χ0v) is 11.9. The Balaban J connectivity index is 2.09. The lowest BCUT2D eigenvalue weighted by Gasteiger charge is -2.12. The monoisotopic (exact) mass is 282 g/mol. The van der Waals surface area contributed by atoms with Crippen molar-refractivity contribution in [3.8, 4) is 0 Å². The lowest BCUT2D eigenvalue weighted by Crippen LogP contribution is -2.38. The van der Waals surface area contributed by atoms with Crippen molar-refractivity contribution in [1.82, 2.24) is 20.4 Å². The Hall–Kier alpha value is -2.05. The van der Waals surface area contributed by atoms with Crippen LogP contribution in [0.4, 0.5) is 4.79 Å². The summed E-state index contributed by atoms with van der Waals surface area (Å²) in [5.74, 6) is -0.663. The molecule has 20 heavy (non-hydrogen) atoms. The minimum atomic E-state index is -0.809. The standard InChI is InChI=1S/C13H22N4O3/c1-10(3-4-12(18)19)9-15-13(20)14-7-5-11-6-8-17(2)16-11/h6,8,10H,3-5,7,9H2,1-2H3,(H,18,19)(H2,14,15,20). The number of urea groups is 1. The summed E-state index contributed by atoms with van der Waals surface area (Å²) in [7, 11) is 1.85. The van der Waals surface area contributed by atoms with Crippen LogP contribution < -0.4 is 10.6 Å². The van der Waals surface area contributed by atoms with Gasteiger partial charge in [0.25, 0.3) is 0 Å². The Morgan fingerprint density at radius 3 is 2.80 bits per heavy atom. The van der Waals surface area contributed by atoms with Gasteiger partial charge < -0.3 is 15.7 Å². The molecule has 0 saturated heterocycles. The normalized spacial score (nSPS) is 11.9. The highest BCUT2D eigenvalue weighted by Gasteiger charge is 2.07. The number of carboxylic acids is 1. The summed E-state index contributed by atoms with van der Waals surface area (Å²) >= 11 is 0. The first-order valence-electron chi connectivity index (χ1n) is 6.69. The number of carbonyl (C=O) groups is 2. The van der Waals surface area contributed by atoms with E-state index >= 15 is 0 Å². The fraction of sp³-hybridized carbons (Fsp3) is 0.615. The highest BCUT2D eigenvalue weighted by atomic mass is 16.4. The predicted octanol–water partition coefficient (Wildman–Crippen LogP) is 0.763. The van der Waals surface area contributed by atoms with Crippen LogP contribution in [-0.2, 0) is 18.3 Å². The van der Waals surface area contributed by atoms with Crippen molar-refractivity contribution in [3.63, 3.8) is 0 Å². The van der Waals surface area contributed by atoms with E-state index in [0.717, 1.165) is 5.69 Å².